The van der Waals surface area contributed by atoms with Gasteiger partial charge in [0.1, 0.15) is 0 Å². The summed E-state index contributed by atoms with van der Waals surface area (Å²) in [5.41, 5.74) is 2.69. The van der Waals surface area contributed by atoms with E-state index in [0.29, 0.717) is 6.04 Å². The molecule has 2 nitrogen and oxygen atoms in total. The van der Waals surface area contributed by atoms with Crippen LogP contribution < -0.4 is 5.32 Å². The van der Waals surface area contributed by atoms with Gasteiger partial charge in [-0.25, -0.2) is 0 Å². The van der Waals surface area contributed by atoms with E-state index in [9.17, 15) is 0 Å². The molecule has 3 heteroatoms. The molecule has 0 radical (unpaired) electrons. The predicted molar refractivity (Wildman–Crippen MR) is 65.0 cm³/mol. The van der Waals surface area contributed by atoms with Gasteiger partial charge in [0.05, 0.1) is 0 Å². The van der Waals surface area contributed by atoms with Gasteiger partial charge in [0.2, 0.25) is 0 Å². The largest absolute Gasteiger partial charge is 0.353 e. The van der Waals surface area contributed by atoms with Crippen LogP contribution in [0.5, 0.6) is 0 Å². The summed E-state index contributed by atoms with van der Waals surface area (Å²) in [6.45, 7) is 3.12. The van der Waals surface area contributed by atoms with Crippen LogP contribution in [0.15, 0.2) is 35.2 Å². The number of rotatable bonds is 4. The summed E-state index contributed by atoms with van der Waals surface area (Å²) in [6.07, 6.45) is 2.08. The molecular formula is C12H16N2S. The van der Waals surface area contributed by atoms with Gasteiger partial charge >= 0.3 is 0 Å². The monoisotopic (exact) mass is 220 g/mol. The number of thiophene rings is 1. The molecule has 0 aliphatic rings. The minimum atomic E-state index is 0.422. The number of hydrogen-bond acceptors (Lipinski definition) is 2. The molecule has 2 heterocycles. The smallest absolute Gasteiger partial charge is 0.0364 e. The Bertz CT molecular complexity index is 403. The molecule has 2 rings (SSSR count). The lowest BCUT2D eigenvalue weighted by atomic mass is 10.2. The van der Waals surface area contributed by atoms with Crippen LogP contribution >= 0.6 is 11.3 Å². The van der Waals surface area contributed by atoms with Gasteiger partial charge in [-0.05, 0) is 41.4 Å². The highest BCUT2D eigenvalue weighted by Crippen LogP contribution is 2.16. The summed E-state index contributed by atoms with van der Waals surface area (Å²) in [5.74, 6) is 0. The van der Waals surface area contributed by atoms with E-state index in [4.69, 9.17) is 0 Å². The molecule has 1 N–H and O–H groups in total. The molecule has 0 amide bonds. The summed E-state index contributed by atoms with van der Waals surface area (Å²) < 4.78 is 2.15. The average molecular weight is 220 g/mol. The van der Waals surface area contributed by atoms with Gasteiger partial charge < -0.3 is 9.88 Å². The third-order valence-corrected chi connectivity index (χ3v) is 3.39. The number of aryl methyl sites for hydroxylation is 1. The van der Waals surface area contributed by atoms with E-state index >= 15 is 0 Å². The minimum Gasteiger partial charge on any atom is -0.353 e. The van der Waals surface area contributed by atoms with Crippen LogP contribution in [0.1, 0.15) is 24.2 Å². The highest BCUT2D eigenvalue weighted by Gasteiger charge is 2.05. The Morgan fingerprint density at radius 2 is 2.33 bits per heavy atom. The molecule has 1 unspecified atom stereocenters. The van der Waals surface area contributed by atoms with Gasteiger partial charge in [0.15, 0.2) is 0 Å². The zero-order valence-corrected chi connectivity index (χ0v) is 9.92. The summed E-state index contributed by atoms with van der Waals surface area (Å²) in [4.78, 5) is 0. The van der Waals surface area contributed by atoms with Gasteiger partial charge in [0, 0.05) is 31.5 Å². The second-order valence-electron chi connectivity index (χ2n) is 3.77. The zero-order chi connectivity index (χ0) is 10.7. The van der Waals surface area contributed by atoms with Crippen LogP contribution in [0.3, 0.4) is 0 Å². The maximum absolute atomic E-state index is 3.51. The molecule has 0 saturated heterocycles. The quantitative estimate of drug-likeness (QED) is 0.838. The van der Waals surface area contributed by atoms with Crippen molar-refractivity contribution < 1.29 is 0 Å². The van der Waals surface area contributed by atoms with Crippen LogP contribution in [0.4, 0.5) is 0 Å². The second-order valence-corrected chi connectivity index (χ2v) is 4.55. The van der Waals surface area contributed by atoms with Crippen molar-refractivity contribution in [2.24, 2.45) is 7.05 Å². The molecule has 0 aliphatic carbocycles. The number of nitrogens with one attached hydrogen (secondary N) is 1. The fraction of sp³-hybridized carbons (Fsp3) is 0.333. The van der Waals surface area contributed by atoms with E-state index in [1.165, 1.54) is 11.3 Å². The number of aromatic nitrogens is 1. The normalized spacial score (nSPS) is 12.9. The number of hydrogen-bond donors (Lipinski definition) is 1. The Morgan fingerprint density at radius 1 is 1.47 bits per heavy atom. The van der Waals surface area contributed by atoms with Crippen LogP contribution in [-0.4, -0.2) is 4.57 Å². The van der Waals surface area contributed by atoms with E-state index < -0.39 is 0 Å². The highest BCUT2D eigenvalue weighted by atomic mass is 32.1. The Kier molecular flexibility index (Phi) is 3.23. The fourth-order valence-corrected chi connectivity index (χ4v) is 2.33. The van der Waals surface area contributed by atoms with Crippen molar-refractivity contribution in [3.63, 3.8) is 0 Å². The first kappa shape index (κ1) is 10.5. The maximum Gasteiger partial charge on any atom is 0.0364 e. The van der Waals surface area contributed by atoms with Crippen molar-refractivity contribution in [1.29, 1.82) is 0 Å². The average Bonchev–Trinajstić information content (AvgIpc) is 2.85. The lowest BCUT2D eigenvalue weighted by Gasteiger charge is -2.12. The molecule has 0 aromatic carbocycles. The Balaban J connectivity index is 1.91. The molecule has 0 bridgehead atoms. The zero-order valence-electron chi connectivity index (χ0n) is 9.10. The van der Waals surface area contributed by atoms with E-state index in [2.05, 4.69) is 59.0 Å². The van der Waals surface area contributed by atoms with Crippen molar-refractivity contribution in [2.45, 2.75) is 19.5 Å². The summed E-state index contributed by atoms with van der Waals surface area (Å²) in [5, 5.41) is 7.83. The van der Waals surface area contributed by atoms with Gasteiger partial charge in [-0.3, -0.25) is 0 Å². The molecule has 1 atom stereocenters. The fourth-order valence-electron chi connectivity index (χ4n) is 1.58. The van der Waals surface area contributed by atoms with Crippen molar-refractivity contribution >= 4 is 11.3 Å². The minimum absolute atomic E-state index is 0.422. The van der Waals surface area contributed by atoms with E-state index in [0.717, 1.165) is 6.54 Å². The number of nitrogens with zero attached hydrogens (tertiary/aromatic N) is 1. The third kappa shape index (κ3) is 2.49. The van der Waals surface area contributed by atoms with E-state index in [1.807, 2.05) is 0 Å². The molecule has 80 valence electrons. The maximum atomic E-state index is 3.51. The first-order chi connectivity index (χ1) is 7.27. The second kappa shape index (κ2) is 4.64. The molecule has 2 aromatic heterocycles. The van der Waals surface area contributed by atoms with Crippen LogP contribution in [-0.2, 0) is 13.6 Å². The SMILES string of the molecule is CC(NCc1cccn1C)c1ccsc1. The standard InChI is InChI=1S/C12H16N2S/c1-10(11-5-7-15-9-11)13-8-12-4-3-6-14(12)2/h3-7,9-10,13H,8H2,1-2H3. The summed E-state index contributed by atoms with van der Waals surface area (Å²) in [6, 6.07) is 6.82. The van der Waals surface area contributed by atoms with E-state index in [1.54, 1.807) is 11.3 Å². The van der Waals surface area contributed by atoms with Crippen molar-refractivity contribution in [2.75, 3.05) is 0 Å². The Hall–Kier alpha value is -1.06. The predicted octanol–water partition coefficient (Wildman–Crippen LogP) is 2.94. The van der Waals surface area contributed by atoms with Gasteiger partial charge in [-0.2, -0.15) is 11.3 Å². The Labute approximate surface area is 94.6 Å². The van der Waals surface area contributed by atoms with Crippen molar-refractivity contribution in [3.8, 4) is 0 Å². The molecule has 2 aromatic rings. The first-order valence-electron chi connectivity index (χ1n) is 5.13. The van der Waals surface area contributed by atoms with Crippen LogP contribution in [0, 0.1) is 0 Å². The first-order valence-corrected chi connectivity index (χ1v) is 6.07. The lowest BCUT2D eigenvalue weighted by molar-refractivity contribution is 0.559. The summed E-state index contributed by atoms with van der Waals surface area (Å²) >= 11 is 1.75. The van der Waals surface area contributed by atoms with Gasteiger partial charge in [-0.1, -0.05) is 0 Å². The van der Waals surface area contributed by atoms with Crippen LogP contribution in [0.2, 0.25) is 0 Å². The van der Waals surface area contributed by atoms with Gasteiger partial charge in [-0.15, -0.1) is 0 Å². The van der Waals surface area contributed by atoms with Crippen LogP contribution in [0.25, 0.3) is 0 Å². The molecule has 0 fully saturated rings. The molecule has 0 spiro atoms. The topological polar surface area (TPSA) is 17.0 Å². The third-order valence-electron chi connectivity index (χ3n) is 2.68. The Morgan fingerprint density at radius 3 is 2.93 bits per heavy atom. The van der Waals surface area contributed by atoms with E-state index in [-0.39, 0.29) is 0 Å². The molecular weight excluding hydrogens is 204 g/mol. The molecule has 0 aliphatic heterocycles. The lowest BCUT2D eigenvalue weighted by Crippen LogP contribution is -2.18. The highest BCUT2D eigenvalue weighted by molar-refractivity contribution is 7.07. The summed E-state index contributed by atoms with van der Waals surface area (Å²) in [7, 11) is 2.08. The molecule has 15 heavy (non-hydrogen) atoms. The van der Waals surface area contributed by atoms with Gasteiger partial charge in [0.25, 0.3) is 0 Å². The van der Waals surface area contributed by atoms with Crippen molar-refractivity contribution in [1.82, 2.24) is 9.88 Å². The molecule has 0 saturated carbocycles. The van der Waals surface area contributed by atoms with Crippen molar-refractivity contribution in [3.05, 3.63) is 46.4 Å².